The highest BCUT2D eigenvalue weighted by Crippen LogP contribution is 2.33. The molecular weight excluding hydrogens is 396 g/mol. The number of carbonyl (C=O) groups is 1. The van der Waals surface area contributed by atoms with E-state index >= 15 is 0 Å². The minimum atomic E-state index is -0.698. The maximum Gasteiger partial charge on any atom is 0.344 e. The zero-order valence-corrected chi connectivity index (χ0v) is 16.5. The number of ether oxygens (including phenoxy) is 2. The normalized spacial score (nSPS) is 12.0. The number of thiophene rings is 2. The quantitative estimate of drug-likeness (QED) is 0.475. The first kappa shape index (κ1) is 18.4. The molecule has 1 atom stereocenters. The molecule has 0 radical (unpaired) electrons. The van der Waals surface area contributed by atoms with Crippen molar-refractivity contribution in [2.45, 2.75) is 13.0 Å². The fraction of sp³-hybridized carbons (Fsp3) is 0.150. The fourth-order valence-electron chi connectivity index (χ4n) is 2.72. The molecule has 0 aliphatic heterocycles. The summed E-state index contributed by atoms with van der Waals surface area (Å²) in [7, 11) is 0. The van der Waals surface area contributed by atoms with E-state index in [4.69, 9.17) is 9.47 Å². The second kappa shape index (κ2) is 7.95. The molecule has 0 saturated carbocycles. The van der Waals surface area contributed by atoms with E-state index in [9.17, 15) is 9.59 Å². The van der Waals surface area contributed by atoms with Crippen molar-refractivity contribution in [2.24, 2.45) is 0 Å². The predicted octanol–water partition coefficient (Wildman–Crippen LogP) is 4.40. The number of esters is 1. The molecule has 142 valence electrons. The zero-order valence-electron chi connectivity index (χ0n) is 14.9. The molecule has 6 nitrogen and oxygen atoms in total. The summed E-state index contributed by atoms with van der Waals surface area (Å²) in [4.78, 5) is 33.5. The van der Waals surface area contributed by atoms with Crippen LogP contribution in [0.15, 0.2) is 58.0 Å². The number of aromatic amines is 1. The van der Waals surface area contributed by atoms with Crippen molar-refractivity contribution in [3.63, 3.8) is 0 Å². The second-order valence-corrected chi connectivity index (χ2v) is 7.80. The van der Waals surface area contributed by atoms with Crippen molar-refractivity contribution in [1.29, 1.82) is 0 Å². The lowest BCUT2D eigenvalue weighted by Crippen LogP contribution is -2.20. The highest BCUT2D eigenvalue weighted by atomic mass is 32.1. The van der Waals surface area contributed by atoms with Gasteiger partial charge in [0.25, 0.3) is 5.56 Å². The van der Waals surface area contributed by atoms with E-state index < -0.39 is 12.1 Å². The minimum Gasteiger partial charge on any atom is -0.482 e. The summed E-state index contributed by atoms with van der Waals surface area (Å²) >= 11 is 2.96. The van der Waals surface area contributed by atoms with Crippen LogP contribution in [-0.4, -0.2) is 22.5 Å². The third-order valence-corrected chi connectivity index (χ3v) is 5.82. The Labute approximate surface area is 168 Å². The van der Waals surface area contributed by atoms with Crippen LogP contribution in [0.25, 0.3) is 20.7 Å². The van der Waals surface area contributed by atoms with Gasteiger partial charge in [-0.25, -0.2) is 9.78 Å². The van der Waals surface area contributed by atoms with E-state index in [0.717, 1.165) is 10.4 Å². The molecule has 0 bridgehead atoms. The molecule has 0 unspecified atom stereocenters. The van der Waals surface area contributed by atoms with Gasteiger partial charge in [-0.3, -0.25) is 4.79 Å². The van der Waals surface area contributed by atoms with E-state index in [2.05, 4.69) is 9.97 Å². The smallest absolute Gasteiger partial charge is 0.344 e. The van der Waals surface area contributed by atoms with Crippen molar-refractivity contribution in [1.82, 2.24) is 9.97 Å². The molecule has 3 heterocycles. The van der Waals surface area contributed by atoms with Crippen LogP contribution < -0.4 is 10.3 Å². The van der Waals surface area contributed by atoms with E-state index in [-0.39, 0.29) is 12.2 Å². The van der Waals surface area contributed by atoms with Gasteiger partial charge in [0.2, 0.25) is 0 Å². The van der Waals surface area contributed by atoms with Crippen molar-refractivity contribution < 1.29 is 14.3 Å². The number of aromatic nitrogens is 2. The third kappa shape index (κ3) is 3.83. The Morgan fingerprint density at radius 1 is 1.18 bits per heavy atom. The Balaban J connectivity index is 1.49. The van der Waals surface area contributed by atoms with Gasteiger partial charge in [-0.15, -0.1) is 22.7 Å². The molecule has 4 aromatic rings. The molecule has 0 spiro atoms. The Hall–Kier alpha value is -2.97. The molecular formula is C20H16N2O4S2. The topological polar surface area (TPSA) is 81.3 Å². The summed E-state index contributed by atoms with van der Waals surface area (Å²) in [5.74, 6) is 0.356. The van der Waals surface area contributed by atoms with Crippen LogP contribution in [0.4, 0.5) is 0 Å². The van der Waals surface area contributed by atoms with Crippen molar-refractivity contribution in [3.8, 4) is 16.2 Å². The molecule has 1 aromatic carbocycles. The van der Waals surface area contributed by atoms with Gasteiger partial charge in [-0.1, -0.05) is 24.3 Å². The molecule has 0 aliphatic carbocycles. The SMILES string of the molecule is C[C@H](OC(=O)COc1ccccc1)c1nc2scc(-c3cccs3)c2c(=O)[nH]1. The molecule has 8 heteroatoms. The first-order valence-corrected chi connectivity index (χ1v) is 10.3. The Kier molecular flexibility index (Phi) is 5.23. The summed E-state index contributed by atoms with van der Waals surface area (Å²) < 4.78 is 10.7. The van der Waals surface area contributed by atoms with Gasteiger partial charge in [-0.05, 0) is 30.5 Å². The lowest BCUT2D eigenvalue weighted by Gasteiger charge is -2.13. The van der Waals surface area contributed by atoms with Crippen LogP contribution in [0.2, 0.25) is 0 Å². The number of carbonyl (C=O) groups excluding carboxylic acids is 1. The van der Waals surface area contributed by atoms with Crippen molar-refractivity contribution >= 4 is 38.9 Å². The molecule has 28 heavy (non-hydrogen) atoms. The lowest BCUT2D eigenvalue weighted by atomic mass is 10.2. The average molecular weight is 412 g/mol. The summed E-state index contributed by atoms with van der Waals surface area (Å²) in [5, 5.41) is 4.45. The standard InChI is InChI=1S/C20H16N2O4S2/c1-12(26-16(23)10-25-13-6-3-2-4-7-13)18-21-19(24)17-14(11-28-20(17)22-18)15-8-5-9-27-15/h2-9,11-12H,10H2,1H3,(H,21,22,24)/t12-/m0/s1. The predicted molar refractivity (Wildman–Crippen MR) is 110 cm³/mol. The maximum atomic E-state index is 12.6. The summed E-state index contributed by atoms with van der Waals surface area (Å²) in [6, 6.07) is 12.9. The number of para-hydroxylation sites is 1. The monoisotopic (exact) mass is 412 g/mol. The van der Waals surface area contributed by atoms with E-state index in [0.29, 0.717) is 21.8 Å². The molecule has 3 aromatic heterocycles. The number of hydrogen-bond donors (Lipinski definition) is 1. The summed E-state index contributed by atoms with van der Waals surface area (Å²) in [6.07, 6.45) is -0.698. The molecule has 1 N–H and O–H groups in total. The van der Waals surface area contributed by atoms with Gasteiger partial charge in [0.05, 0.1) is 5.39 Å². The van der Waals surface area contributed by atoms with Gasteiger partial charge in [0.1, 0.15) is 10.6 Å². The number of fused-ring (bicyclic) bond motifs is 1. The van der Waals surface area contributed by atoms with E-state index in [1.54, 1.807) is 30.4 Å². The van der Waals surface area contributed by atoms with Crippen LogP contribution in [0, 0.1) is 0 Å². The highest BCUT2D eigenvalue weighted by molar-refractivity contribution is 7.18. The number of benzene rings is 1. The van der Waals surface area contributed by atoms with Gasteiger partial charge in [0, 0.05) is 15.8 Å². The summed E-state index contributed by atoms with van der Waals surface area (Å²) in [5.41, 5.74) is 0.629. The van der Waals surface area contributed by atoms with E-state index in [1.165, 1.54) is 11.3 Å². The first-order chi connectivity index (χ1) is 13.6. The molecule has 4 rings (SSSR count). The Morgan fingerprint density at radius 2 is 2.00 bits per heavy atom. The summed E-state index contributed by atoms with van der Waals surface area (Å²) in [6.45, 7) is 1.45. The van der Waals surface area contributed by atoms with Crippen LogP contribution in [0.1, 0.15) is 18.9 Å². The lowest BCUT2D eigenvalue weighted by molar-refractivity contribution is -0.151. The van der Waals surface area contributed by atoms with Crippen LogP contribution in [-0.2, 0) is 9.53 Å². The number of hydrogen-bond acceptors (Lipinski definition) is 7. The molecule has 0 amide bonds. The third-order valence-electron chi connectivity index (χ3n) is 4.04. The van der Waals surface area contributed by atoms with E-state index in [1.807, 2.05) is 41.1 Å². The number of H-pyrrole nitrogens is 1. The number of rotatable bonds is 6. The van der Waals surface area contributed by atoms with Crippen LogP contribution in [0.5, 0.6) is 5.75 Å². The average Bonchev–Trinajstić information content (AvgIpc) is 3.36. The van der Waals surface area contributed by atoms with Crippen LogP contribution in [0.3, 0.4) is 0 Å². The van der Waals surface area contributed by atoms with Crippen molar-refractivity contribution in [2.75, 3.05) is 6.61 Å². The second-order valence-electron chi connectivity index (χ2n) is 5.99. The van der Waals surface area contributed by atoms with Gasteiger partial charge < -0.3 is 14.5 Å². The van der Waals surface area contributed by atoms with Gasteiger partial charge in [0.15, 0.2) is 18.5 Å². The molecule has 0 aliphatic rings. The van der Waals surface area contributed by atoms with Gasteiger partial charge >= 0.3 is 5.97 Å². The molecule has 0 saturated heterocycles. The highest BCUT2D eigenvalue weighted by Gasteiger charge is 2.19. The first-order valence-electron chi connectivity index (χ1n) is 8.54. The minimum absolute atomic E-state index is 0.220. The largest absolute Gasteiger partial charge is 0.482 e. The Morgan fingerprint density at radius 3 is 2.75 bits per heavy atom. The Bertz CT molecular complexity index is 1150. The number of nitrogens with zero attached hydrogens (tertiary/aromatic N) is 1. The maximum absolute atomic E-state index is 12.6. The van der Waals surface area contributed by atoms with Gasteiger partial charge in [-0.2, -0.15) is 0 Å². The van der Waals surface area contributed by atoms with Crippen molar-refractivity contribution in [3.05, 3.63) is 69.4 Å². The fourth-order valence-corrected chi connectivity index (χ4v) is 4.49. The van der Waals surface area contributed by atoms with Crippen LogP contribution >= 0.6 is 22.7 Å². The molecule has 0 fully saturated rings. The zero-order chi connectivity index (χ0) is 19.5. The number of nitrogens with one attached hydrogen (secondary N) is 1.